The Hall–Kier alpha value is -2.64. The van der Waals surface area contributed by atoms with Crippen molar-refractivity contribution in [1.82, 2.24) is 14.6 Å². The van der Waals surface area contributed by atoms with Crippen molar-refractivity contribution in [2.24, 2.45) is 0 Å². The standard InChI is InChI=1S/C20H20F4N4/c1-12-11-16(26-15-5-3-2-4-6-15)28-19(25-12)17(18(27-28)20(22,23)24)13-7-9-14(21)10-8-13/h7-11,15,26H,2-6H2,1H3. The van der Waals surface area contributed by atoms with Gasteiger partial charge in [0.1, 0.15) is 11.6 Å². The summed E-state index contributed by atoms with van der Waals surface area (Å²) in [6, 6.07) is 6.82. The summed E-state index contributed by atoms with van der Waals surface area (Å²) in [6.07, 6.45) is 0.657. The van der Waals surface area contributed by atoms with Gasteiger partial charge in [-0.25, -0.2) is 9.37 Å². The summed E-state index contributed by atoms with van der Waals surface area (Å²) >= 11 is 0. The highest BCUT2D eigenvalue weighted by Crippen LogP contribution is 2.39. The molecular formula is C20H20F4N4. The molecule has 0 amide bonds. The normalized spacial score (nSPS) is 15.9. The molecule has 1 aliphatic rings. The molecule has 1 saturated carbocycles. The number of hydrogen-bond acceptors (Lipinski definition) is 3. The molecule has 0 atom stereocenters. The molecule has 0 aliphatic heterocycles. The van der Waals surface area contributed by atoms with Crippen LogP contribution in [-0.4, -0.2) is 20.6 Å². The van der Waals surface area contributed by atoms with Crippen LogP contribution < -0.4 is 5.32 Å². The first-order chi connectivity index (χ1) is 13.3. The highest BCUT2D eigenvalue weighted by atomic mass is 19.4. The van der Waals surface area contributed by atoms with Gasteiger partial charge in [0.05, 0.1) is 5.56 Å². The summed E-state index contributed by atoms with van der Waals surface area (Å²) < 4.78 is 55.8. The van der Waals surface area contributed by atoms with Crippen LogP contribution in [0.5, 0.6) is 0 Å². The molecule has 1 N–H and O–H groups in total. The van der Waals surface area contributed by atoms with Crippen LogP contribution in [0.15, 0.2) is 30.3 Å². The Morgan fingerprint density at radius 3 is 2.39 bits per heavy atom. The van der Waals surface area contributed by atoms with Crippen molar-refractivity contribution in [3.8, 4) is 11.1 Å². The van der Waals surface area contributed by atoms with Gasteiger partial charge in [0.25, 0.3) is 0 Å². The van der Waals surface area contributed by atoms with E-state index in [0.29, 0.717) is 11.5 Å². The Morgan fingerprint density at radius 1 is 1.07 bits per heavy atom. The average Bonchev–Trinajstić information content (AvgIpc) is 3.03. The number of aryl methyl sites for hydroxylation is 1. The third-order valence-electron chi connectivity index (χ3n) is 5.08. The van der Waals surface area contributed by atoms with Crippen LogP contribution in [0.3, 0.4) is 0 Å². The third-order valence-corrected chi connectivity index (χ3v) is 5.08. The summed E-state index contributed by atoms with van der Waals surface area (Å²) in [5.74, 6) is -0.0224. The van der Waals surface area contributed by atoms with Gasteiger partial charge in [0.2, 0.25) is 0 Å². The van der Waals surface area contributed by atoms with E-state index in [1.54, 1.807) is 13.0 Å². The molecule has 148 valence electrons. The Balaban J connectivity index is 1.90. The van der Waals surface area contributed by atoms with Crippen molar-refractivity contribution >= 4 is 11.5 Å². The van der Waals surface area contributed by atoms with Gasteiger partial charge in [-0.3, -0.25) is 0 Å². The fourth-order valence-electron chi connectivity index (χ4n) is 3.78. The van der Waals surface area contributed by atoms with E-state index in [9.17, 15) is 17.6 Å². The molecule has 1 fully saturated rings. The molecule has 0 saturated heterocycles. The molecule has 2 heterocycles. The second kappa shape index (κ2) is 7.07. The number of nitrogens with zero attached hydrogens (tertiary/aromatic N) is 3. The van der Waals surface area contributed by atoms with Crippen molar-refractivity contribution in [2.45, 2.75) is 51.2 Å². The summed E-state index contributed by atoms with van der Waals surface area (Å²) in [5, 5.41) is 7.21. The van der Waals surface area contributed by atoms with Crippen LogP contribution >= 0.6 is 0 Å². The molecule has 0 unspecified atom stereocenters. The van der Waals surface area contributed by atoms with Crippen LogP contribution in [0.25, 0.3) is 16.8 Å². The number of anilines is 1. The fourth-order valence-corrected chi connectivity index (χ4v) is 3.78. The molecule has 0 radical (unpaired) electrons. The maximum atomic E-state index is 13.7. The monoisotopic (exact) mass is 392 g/mol. The summed E-state index contributed by atoms with van der Waals surface area (Å²) in [5.41, 5.74) is -0.239. The molecular weight excluding hydrogens is 372 g/mol. The van der Waals surface area contributed by atoms with E-state index in [-0.39, 0.29) is 22.8 Å². The molecule has 1 aliphatic carbocycles. The average molecular weight is 392 g/mol. The first-order valence-corrected chi connectivity index (χ1v) is 9.33. The van der Waals surface area contributed by atoms with E-state index < -0.39 is 17.7 Å². The van der Waals surface area contributed by atoms with Gasteiger partial charge in [0.15, 0.2) is 11.3 Å². The number of fused-ring (bicyclic) bond motifs is 1. The minimum Gasteiger partial charge on any atom is -0.367 e. The van der Waals surface area contributed by atoms with E-state index in [1.165, 1.54) is 23.1 Å². The predicted molar refractivity (Wildman–Crippen MR) is 98.6 cm³/mol. The summed E-state index contributed by atoms with van der Waals surface area (Å²) in [6.45, 7) is 1.74. The van der Waals surface area contributed by atoms with Crippen molar-refractivity contribution in [3.05, 3.63) is 47.5 Å². The highest BCUT2D eigenvalue weighted by molar-refractivity contribution is 5.81. The van der Waals surface area contributed by atoms with E-state index in [4.69, 9.17) is 0 Å². The first-order valence-electron chi connectivity index (χ1n) is 9.33. The van der Waals surface area contributed by atoms with E-state index >= 15 is 0 Å². The molecule has 2 aromatic heterocycles. The van der Waals surface area contributed by atoms with Gasteiger partial charge in [-0.2, -0.15) is 22.8 Å². The van der Waals surface area contributed by atoms with Crippen LogP contribution in [0, 0.1) is 12.7 Å². The van der Waals surface area contributed by atoms with Gasteiger partial charge < -0.3 is 5.32 Å². The number of hydrogen-bond donors (Lipinski definition) is 1. The lowest BCUT2D eigenvalue weighted by Crippen LogP contribution is -2.24. The quantitative estimate of drug-likeness (QED) is 0.590. The number of aromatic nitrogens is 3. The first kappa shape index (κ1) is 18.7. The Bertz CT molecular complexity index is 986. The zero-order valence-corrected chi connectivity index (χ0v) is 15.4. The van der Waals surface area contributed by atoms with Crippen LogP contribution in [0.1, 0.15) is 43.5 Å². The van der Waals surface area contributed by atoms with Crippen molar-refractivity contribution in [1.29, 1.82) is 0 Å². The van der Waals surface area contributed by atoms with Crippen LogP contribution in [0.2, 0.25) is 0 Å². The molecule has 3 aromatic rings. The molecule has 8 heteroatoms. The van der Waals surface area contributed by atoms with Crippen molar-refractivity contribution in [3.63, 3.8) is 0 Å². The topological polar surface area (TPSA) is 42.2 Å². The van der Waals surface area contributed by atoms with E-state index in [1.807, 2.05) is 0 Å². The zero-order valence-electron chi connectivity index (χ0n) is 15.4. The van der Waals surface area contributed by atoms with Gasteiger partial charge >= 0.3 is 6.18 Å². The largest absolute Gasteiger partial charge is 0.435 e. The molecule has 1 aromatic carbocycles. The second-order valence-corrected chi connectivity index (χ2v) is 7.23. The highest BCUT2D eigenvalue weighted by Gasteiger charge is 2.39. The van der Waals surface area contributed by atoms with Gasteiger partial charge in [-0.05, 0) is 37.5 Å². The van der Waals surface area contributed by atoms with E-state index in [0.717, 1.165) is 37.8 Å². The predicted octanol–water partition coefficient (Wildman–Crippen LogP) is 5.61. The third kappa shape index (κ3) is 3.55. The Labute approximate surface area is 159 Å². The van der Waals surface area contributed by atoms with Crippen LogP contribution in [-0.2, 0) is 6.18 Å². The van der Waals surface area contributed by atoms with Crippen LogP contribution in [0.4, 0.5) is 23.4 Å². The second-order valence-electron chi connectivity index (χ2n) is 7.23. The summed E-state index contributed by atoms with van der Waals surface area (Å²) in [7, 11) is 0. The molecule has 4 rings (SSSR count). The minimum absolute atomic E-state index is 0.109. The number of alkyl halides is 3. The number of halogens is 4. The number of benzene rings is 1. The van der Waals surface area contributed by atoms with Crippen molar-refractivity contribution in [2.75, 3.05) is 5.32 Å². The van der Waals surface area contributed by atoms with Gasteiger partial charge in [0, 0.05) is 17.8 Å². The molecule has 0 spiro atoms. The lowest BCUT2D eigenvalue weighted by molar-refractivity contribution is -0.140. The zero-order chi connectivity index (χ0) is 19.9. The van der Waals surface area contributed by atoms with Gasteiger partial charge in [-0.15, -0.1) is 0 Å². The molecule has 28 heavy (non-hydrogen) atoms. The van der Waals surface area contributed by atoms with Crippen molar-refractivity contribution < 1.29 is 17.6 Å². The lowest BCUT2D eigenvalue weighted by Gasteiger charge is -2.24. The molecule has 4 nitrogen and oxygen atoms in total. The minimum atomic E-state index is -4.66. The maximum absolute atomic E-state index is 13.7. The summed E-state index contributed by atoms with van der Waals surface area (Å²) in [4.78, 5) is 4.33. The van der Waals surface area contributed by atoms with E-state index in [2.05, 4.69) is 15.4 Å². The Kier molecular flexibility index (Phi) is 4.72. The smallest absolute Gasteiger partial charge is 0.367 e. The number of rotatable bonds is 3. The molecule has 0 bridgehead atoms. The Morgan fingerprint density at radius 2 is 1.75 bits per heavy atom. The number of nitrogens with one attached hydrogen (secondary N) is 1. The fraction of sp³-hybridized carbons (Fsp3) is 0.400. The maximum Gasteiger partial charge on any atom is 0.435 e. The SMILES string of the molecule is Cc1cc(NC2CCCCC2)n2nc(C(F)(F)F)c(-c3ccc(F)cc3)c2n1. The van der Waals surface area contributed by atoms with Gasteiger partial charge in [-0.1, -0.05) is 31.4 Å². The lowest BCUT2D eigenvalue weighted by atomic mass is 9.95.